The Bertz CT molecular complexity index is 1220. The Morgan fingerprint density at radius 2 is 1.69 bits per heavy atom. The standard InChI is InChI=1S/C23H31N5O5S2/c1-6-28(7-2)35(32,33)16-10-8-15(9-11-16)20(29)24-22-19(21(30)25-23(31)26(3)4)17-12-13-27(5)14-18(17)34-22/h8-11H,6-7,12-14H2,1-5H3,(H,24,29)(H,25,30,31). The first-order valence-corrected chi connectivity index (χ1v) is 13.5. The molecule has 2 heterocycles. The van der Waals surface area contributed by atoms with Crippen LogP contribution in [0, 0.1) is 0 Å². The average molecular weight is 522 g/mol. The zero-order valence-corrected chi connectivity index (χ0v) is 22.2. The summed E-state index contributed by atoms with van der Waals surface area (Å²) in [6.45, 7) is 5.61. The van der Waals surface area contributed by atoms with Gasteiger partial charge >= 0.3 is 6.03 Å². The minimum absolute atomic E-state index is 0.106. The minimum atomic E-state index is -3.64. The third kappa shape index (κ3) is 5.72. The van der Waals surface area contributed by atoms with Crippen LogP contribution in [0.25, 0.3) is 0 Å². The Balaban J connectivity index is 1.89. The summed E-state index contributed by atoms with van der Waals surface area (Å²) in [5.74, 6) is -1.04. The Labute approximate surface area is 209 Å². The lowest BCUT2D eigenvalue weighted by Crippen LogP contribution is -2.39. The molecular formula is C23H31N5O5S2. The summed E-state index contributed by atoms with van der Waals surface area (Å²) < 4.78 is 26.8. The summed E-state index contributed by atoms with van der Waals surface area (Å²) in [5, 5.41) is 5.52. The van der Waals surface area contributed by atoms with E-state index in [1.54, 1.807) is 13.8 Å². The van der Waals surface area contributed by atoms with Crippen LogP contribution in [0.2, 0.25) is 0 Å². The number of likely N-dealkylation sites (N-methyl/N-ethyl adjacent to an activating group) is 1. The van der Waals surface area contributed by atoms with Gasteiger partial charge in [0.25, 0.3) is 11.8 Å². The molecule has 2 aromatic rings. The quantitative estimate of drug-likeness (QED) is 0.578. The molecule has 0 radical (unpaired) electrons. The molecule has 1 aromatic heterocycles. The Morgan fingerprint density at radius 1 is 1.06 bits per heavy atom. The molecule has 4 amide bonds. The van der Waals surface area contributed by atoms with Crippen LogP contribution in [-0.4, -0.2) is 81.1 Å². The van der Waals surface area contributed by atoms with Crippen molar-refractivity contribution in [1.82, 2.24) is 19.4 Å². The fourth-order valence-corrected chi connectivity index (χ4v) is 6.58. The third-order valence-electron chi connectivity index (χ3n) is 5.79. The number of rotatable bonds is 7. The van der Waals surface area contributed by atoms with Crippen molar-refractivity contribution in [2.75, 3.05) is 46.1 Å². The third-order valence-corrected chi connectivity index (χ3v) is 8.98. The number of carbonyl (C=O) groups is 3. The van der Waals surface area contributed by atoms with E-state index in [4.69, 9.17) is 0 Å². The largest absolute Gasteiger partial charge is 0.331 e. The van der Waals surface area contributed by atoms with Gasteiger partial charge in [-0.05, 0) is 43.3 Å². The van der Waals surface area contributed by atoms with Crippen molar-refractivity contribution in [3.63, 3.8) is 0 Å². The normalized spacial score (nSPS) is 13.9. The van der Waals surface area contributed by atoms with E-state index in [9.17, 15) is 22.8 Å². The fraction of sp³-hybridized carbons (Fsp3) is 0.435. The Morgan fingerprint density at radius 3 is 2.26 bits per heavy atom. The summed E-state index contributed by atoms with van der Waals surface area (Å²) in [6, 6.07) is 5.15. The molecule has 12 heteroatoms. The maximum Gasteiger partial charge on any atom is 0.323 e. The van der Waals surface area contributed by atoms with E-state index in [-0.39, 0.29) is 10.5 Å². The number of carbonyl (C=O) groups excluding carboxylic acids is 3. The SMILES string of the molecule is CCN(CC)S(=O)(=O)c1ccc(C(=O)Nc2sc3c(c2C(=O)NC(=O)N(C)C)CCN(C)C3)cc1. The average Bonchev–Trinajstić information content (AvgIpc) is 3.16. The lowest BCUT2D eigenvalue weighted by Gasteiger charge is -2.22. The van der Waals surface area contributed by atoms with Crippen LogP contribution < -0.4 is 10.6 Å². The Kier molecular flexibility index (Phi) is 8.31. The lowest BCUT2D eigenvalue weighted by molar-refractivity contribution is 0.0956. The maximum absolute atomic E-state index is 13.0. The zero-order chi connectivity index (χ0) is 25.9. The van der Waals surface area contributed by atoms with E-state index >= 15 is 0 Å². The second kappa shape index (κ2) is 10.9. The molecule has 0 aliphatic carbocycles. The van der Waals surface area contributed by atoms with Crippen molar-refractivity contribution >= 4 is 44.2 Å². The summed E-state index contributed by atoms with van der Waals surface area (Å²) >= 11 is 1.31. The smallest absolute Gasteiger partial charge is 0.323 e. The number of hydrogen-bond acceptors (Lipinski definition) is 7. The van der Waals surface area contributed by atoms with E-state index in [2.05, 4.69) is 15.5 Å². The number of hydrogen-bond donors (Lipinski definition) is 2. The molecule has 1 aliphatic rings. The first-order chi connectivity index (χ1) is 16.5. The number of fused-ring (bicyclic) bond motifs is 1. The number of anilines is 1. The molecule has 0 saturated carbocycles. The van der Waals surface area contributed by atoms with Crippen LogP contribution in [0.5, 0.6) is 0 Å². The number of amides is 4. The molecule has 3 rings (SSSR count). The van der Waals surface area contributed by atoms with Crippen LogP contribution in [0.4, 0.5) is 9.80 Å². The van der Waals surface area contributed by atoms with Crippen molar-refractivity contribution in [2.45, 2.75) is 31.7 Å². The van der Waals surface area contributed by atoms with E-state index in [0.717, 1.165) is 17.0 Å². The second-order valence-corrected chi connectivity index (χ2v) is 11.5. The number of nitrogens with zero attached hydrogens (tertiary/aromatic N) is 3. The van der Waals surface area contributed by atoms with Gasteiger partial charge in [0.15, 0.2) is 0 Å². The molecule has 2 N–H and O–H groups in total. The monoisotopic (exact) mass is 521 g/mol. The molecule has 0 fully saturated rings. The molecule has 0 spiro atoms. The predicted molar refractivity (Wildman–Crippen MR) is 135 cm³/mol. The van der Waals surface area contributed by atoms with Crippen LogP contribution >= 0.6 is 11.3 Å². The first-order valence-electron chi connectivity index (χ1n) is 11.3. The van der Waals surface area contributed by atoms with Gasteiger partial charge in [0.1, 0.15) is 5.00 Å². The topological polar surface area (TPSA) is 119 Å². The van der Waals surface area contributed by atoms with Gasteiger partial charge in [-0.15, -0.1) is 11.3 Å². The molecule has 0 saturated heterocycles. The van der Waals surface area contributed by atoms with Crippen LogP contribution in [0.1, 0.15) is 45.0 Å². The molecule has 0 unspecified atom stereocenters. The number of thiophene rings is 1. The summed E-state index contributed by atoms with van der Waals surface area (Å²) in [6.07, 6.45) is 0.620. The van der Waals surface area contributed by atoms with E-state index in [0.29, 0.717) is 36.6 Å². The summed E-state index contributed by atoms with van der Waals surface area (Å²) in [5.41, 5.74) is 1.37. The van der Waals surface area contributed by atoms with E-state index in [1.165, 1.54) is 58.9 Å². The fourth-order valence-electron chi connectivity index (χ4n) is 3.80. The number of nitrogens with one attached hydrogen (secondary N) is 2. The van der Waals surface area contributed by atoms with Crippen LogP contribution in [0.15, 0.2) is 29.2 Å². The minimum Gasteiger partial charge on any atom is -0.331 e. The van der Waals surface area contributed by atoms with Crippen molar-refractivity contribution in [1.29, 1.82) is 0 Å². The van der Waals surface area contributed by atoms with Gasteiger partial charge in [-0.1, -0.05) is 13.8 Å². The van der Waals surface area contributed by atoms with Crippen LogP contribution in [-0.2, 0) is 23.0 Å². The van der Waals surface area contributed by atoms with Gasteiger partial charge < -0.3 is 15.1 Å². The number of benzene rings is 1. The molecular weight excluding hydrogens is 490 g/mol. The van der Waals surface area contributed by atoms with Gasteiger partial charge in [-0.3, -0.25) is 14.9 Å². The zero-order valence-electron chi connectivity index (χ0n) is 20.5. The summed E-state index contributed by atoms with van der Waals surface area (Å²) in [4.78, 5) is 42.5. The highest BCUT2D eigenvalue weighted by Crippen LogP contribution is 2.37. The Hall–Kier alpha value is -2.80. The van der Waals surface area contributed by atoms with Gasteiger partial charge in [-0.2, -0.15) is 4.31 Å². The highest BCUT2D eigenvalue weighted by molar-refractivity contribution is 7.89. The van der Waals surface area contributed by atoms with Crippen LogP contribution in [0.3, 0.4) is 0 Å². The molecule has 0 atom stereocenters. The molecule has 10 nitrogen and oxygen atoms in total. The van der Waals surface area contributed by atoms with Gasteiger partial charge in [0.05, 0.1) is 10.5 Å². The first kappa shape index (κ1) is 26.8. The van der Waals surface area contributed by atoms with Crippen molar-refractivity contribution in [3.8, 4) is 0 Å². The second-order valence-electron chi connectivity index (χ2n) is 8.42. The highest BCUT2D eigenvalue weighted by Gasteiger charge is 2.29. The molecule has 35 heavy (non-hydrogen) atoms. The number of sulfonamides is 1. The molecule has 190 valence electrons. The van der Waals surface area contributed by atoms with Gasteiger partial charge in [0.2, 0.25) is 10.0 Å². The van der Waals surface area contributed by atoms with E-state index < -0.39 is 27.9 Å². The lowest BCUT2D eigenvalue weighted by atomic mass is 10.0. The summed E-state index contributed by atoms with van der Waals surface area (Å²) in [7, 11) is 1.41. The number of urea groups is 1. The molecule has 1 aromatic carbocycles. The van der Waals surface area contributed by atoms with Crippen molar-refractivity contribution in [3.05, 3.63) is 45.8 Å². The van der Waals surface area contributed by atoms with Crippen molar-refractivity contribution < 1.29 is 22.8 Å². The highest BCUT2D eigenvalue weighted by atomic mass is 32.2. The predicted octanol–water partition coefficient (Wildman–Crippen LogP) is 2.43. The van der Waals surface area contributed by atoms with Crippen molar-refractivity contribution in [2.24, 2.45) is 0 Å². The van der Waals surface area contributed by atoms with E-state index in [1.807, 2.05) is 7.05 Å². The van der Waals surface area contributed by atoms with Gasteiger partial charge in [-0.25, -0.2) is 13.2 Å². The number of imide groups is 1. The molecule has 0 bridgehead atoms. The molecule has 1 aliphatic heterocycles. The van der Waals surface area contributed by atoms with Gasteiger partial charge in [0, 0.05) is 50.7 Å². The maximum atomic E-state index is 13.0.